The molecule has 1 unspecified atom stereocenters. The van der Waals surface area contributed by atoms with Crippen molar-refractivity contribution in [2.45, 2.75) is 33.2 Å². The van der Waals surface area contributed by atoms with Crippen LogP contribution in [0.25, 0.3) is 0 Å². The van der Waals surface area contributed by atoms with Crippen LogP contribution in [0.5, 0.6) is 0 Å². The second-order valence-corrected chi connectivity index (χ2v) is 9.36. The van der Waals surface area contributed by atoms with Crippen molar-refractivity contribution in [1.29, 1.82) is 0 Å². The average Bonchev–Trinajstić information content (AvgIpc) is 2.74. The van der Waals surface area contributed by atoms with Gasteiger partial charge in [0.2, 0.25) is 0 Å². The van der Waals surface area contributed by atoms with Crippen LogP contribution in [-0.2, 0) is 6.42 Å². The van der Waals surface area contributed by atoms with E-state index < -0.39 is 0 Å². The summed E-state index contributed by atoms with van der Waals surface area (Å²) in [4.78, 5) is 0. The van der Waals surface area contributed by atoms with Crippen LogP contribution in [0.3, 0.4) is 0 Å². The lowest BCUT2D eigenvalue weighted by Crippen LogP contribution is -2.22. The van der Waals surface area contributed by atoms with E-state index in [-0.39, 0.29) is 6.04 Å². The first-order chi connectivity index (χ1) is 10.0. The van der Waals surface area contributed by atoms with Crippen molar-refractivity contribution >= 4 is 43.2 Å². The van der Waals surface area contributed by atoms with Crippen molar-refractivity contribution < 1.29 is 0 Å². The van der Waals surface area contributed by atoms with Gasteiger partial charge in [-0.2, -0.15) is 0 Å². The molecule has 0 saturated carbocycles. The molecule has 1 nitrogen and oxygen atoms in total. The zero-order chi connectivity index (χ0) is 15.4. The highest BCUT2D eigenvalue weighted by atomic mass is 79.9. The van der Waals surface area contributed by atoms with E-state index >= 15 is 0 Å². The molecule has 0 saturated heterocycles. The first-order valence-electron chi connectivity index (χ1n) is 7.28. The first kappa shape index (κ1) is 17.2. The zero-order valence-corrected chi connectivity index (χ0v) is 16.6. The van der Waals surface area contributed by atoms with Crippen LogP contribution in [0.15, 0.2) is 37.9 Å². The van der Waals surface area contributed by atoms with Crippen LogP contribution in [0, 0.1) is 5.92 Å². The Balaban J connectivity index is 2.36. The van der Waals surface area contributed by atoms with E-state index in [1.54, 1.807) is 11.3 Å². The molecule has 1 atom stereocenters. The quantitative estimate of drug-likeness (QED) is 0.577. The second kappa shape index (κ2) is 7.91. The van der Waals surface area contributed by atoms with E-state index in [0.29, 0.717) is 5.92 Å². The van der Waals surface area contributed by atoms with Gasteiger partial charge in [-0.3, -0.25) is 0 Å². The molecule has 4 heteroatoms. The molecule has 1 aromatic carbocycles. The second-order valence-electron chi connectivity index (χ2n) is 5.61. The summed E-state index contributed by atoms with van der Waals surface area (Å²) in [6.07, 6.45) is 1.13. The molecule has 21 heavy (non-hydrogen) atoms. The summed E-state index contributed by atoms with van der Waals surface area (Å²) in [6, 6.07) is 11.4. The van der Waals surface area contributed by atoms with Crippen molar-refractivity contribution in [3.63, 3.8) is 0 Å². The third-order valence-electron chi connectivity index (χ3n) is 3.33. The molecule has 0 fully saturated rings. The van der Waals surface area contributed by atoms with Gasteiger partial charge >= 0.3 is 0 Å². The van der Waals surface area contributed by atoms with Crippen molar-refractivity contribution in [2.24, 2.45) is 5.92 Å². The van der Waals surface area contributed by atoms with E-state index in [4.69, 9.17) is 0 Å². The van der Waals surface area contributed by atoms with Gasteiger partial charge in [0, 0.05) is 0 Å². The Kier molecular flexibility index (Phi) is 6.48. The number of hydrogen-bond donors (Lipinski definition) is 1. The third-order valence-corrected chi connectivity index (χ3v) is 5.72. The molecular weight excluding hydrogens is 410 g/mol. The topological polar surface area (TPSA) is 12.0 Å². The summed E-state index contributed by atoms with van der Waals surface area (Å²) in [7, 11) is 0. The molecule has 1 N–H and O–H groups in total. The van der Waals surface area contributed by atoms with Gasteiger partial charge in [-0.1, -0.05) is 45.0 Å². The summed E-state index contributed by atoms with van der Waals surface area (Å²) in [5, 5.41) is 3.61. The lowest BCUT2D eigenvalue weighted by atomic mass is 9.96. The predicted molar refractivity (Wildman–Crippen MR) is 100 cm³/mol. The van der Waals surface area contributed by atoms with E-state index in [0.717, 1.165) is 16.8 Å². The number of hydrogen-bond acceptors (Lipinski definition) is 2. The third kappa shape index (κ3) is 4.65. The Morgan fingerprint density at radius 2 is 1.95 bits per heavy atom. The van der Waals surface area contributed by atoms with Crippen molar-refractivity contribution in [1.82, 2.24) is 5.32 Å². The molecule has 0 amide bonds. The van der Waals surface area contributed by atoms with E-state index in [2.05, 4.69) is 88.3 Å². The van der Waals surface area contributed by atoms with Gasteiger partial charge in [-0.15, -0.1) is 11.3 Å². The van der Waals surface area contributed by atoms with E-state index in [9.17, 15) is 0 Å². The molecule has 0 bridgehead atoms. The summed E-state index contributed by atoms with van der Waals surface area (Å²) >= 11 is 9.00. The fraction of sp³-hybridized carbons (Fsp3) is 0.412. The highest BCUT2D eigenvalue weighted by Gasteiger charge is 2.18. The van der Waals surface area contributed by atoms with Gasteiger partial charge in [-0.25, -0.2) is 0 Å². The molecular formula is C17H21Br2NS. The molecule has 1 aromatic heterocycles. The Labute approximate surface area is 148 Å². The van der Waals surface area contributed by atoms with Crippen LogP contribution < -0.4 is 5.32 Å². The number of nitrogens with one attached hydrogen (secondary N) is 1. The van der Waals surface area contributed by atoms with Gasteiger partial charge in [0.25, 0.3) is 0 Å². The molecule has 0 aliphatic rings. The zero-order valence-electron chi connectivity index (χ0n) is 12.6. The molecule has 2 aromatic rings. The van der Waals surface area contributed by atoms with Gasteiger partial charge in [0.1, 0.15) is 0 Å². The smallest absolute Gasteiger partial charge is 0.0761 e. The summed E-state index contributed by atoms with van der Waals surface area (Å²) in [6.45, 7) is 7.63. The lowest BCUT2D eigenvalue weighted by molar-refractivity contribution is 0.623. The standard InChI is InChI=1S/C17H21Br2NS/c1-4-20-16(14-10-15(18)21-17(14)19)13-7-5-6-12(9-13)8-11(2)3/h5-7,9-11,16,20H,4,8H2,1-3H3. The number of thiophene rings is 1. The highest BCUT2D eigenvalue weighted by molar-refractivity contribution is 9.12. The van der Waals surface area contributed by atoms with Crippen LogP contribution in [-0.4, -0.2) is 6.54 Å². The average molecular weight is 431 g/mol. The van der Waals surface area contributed by atoms with Crippen molar-refractivity contribution in [3.8, 4) is 0 Å². The fourth-order valence-electron chi connectivity index (χ4n) is 2.53. The van der Waals surface area contributed by atoms with Gasteiger partial charge in [0.15, 0.2) is 0 Å². The SMILES string of the molecule is CCNC(c1cccc(CC(C)C)c1)c1cc(Br)sc1Br. The maximum absolute atomic E-state index is 3.69. The van der Waals surface area contributed by atoms with E-state index in [1.807, 2.05) is 0 Å². The van der Waals surface area contributed by atoms with E-state index in [1.165, 1.54) is 20.5 Å². The fourth-order valence-corrected chi connectivity index (χ4v) is 5.43. The molecule has 0 aliphatic heterocycles. The number of halogens is 2. The first-order valence-corrected chi connectivity index (χ1v) is 9.68. The van der Waals surface area contributed by atoms with Gasteiger partial charge in [0.05, 0.1) is 13.6 Å². The highest BCUT2D eigenvalue weighted by Crippen LogP contribution is 2.38. The van der Waals surface area contributed by atoms with Crippen LogP contribution in [0.1, 0.15) is 43.5 Å². The molecule has 114 valence electrons. The van der Waals surface area contributed by atoms with Crippen LogP contribution in [0.2, 0.25) is 0 Å². The summed E-state index contributed by atoms with van der Waals surface area (Å²) in [5.74, 6) is 0.680. The monoisotopic (exact) mass is 429 g/mol. The number of benzene rings is 1. The van der Waals surface area contributed by atoms with Crippen molar-refractivity contribution in [2.75, 3.05) is 6.54 Å². The van der Waals surface area contributed by atoms with Gasteiger partial charge < -0.3 is 5.32 Å². The lowest BCUT2D eigenvalue weighted by Gasteiger charge is -2.19. The van der Waals surface area contributed by atoms with Gasteiger partial charge in [-0.05, 0) is 73.5 Å². The molecule has 0 radical (unpaired) electrons. The van der Waals surface area contributed by atoms with Crippen LogP contribution >= 0.6 is 43.2 Å². The Morgan fingerprint density at radius 3 is 2.52 bits per heavy atom. The Bertz CT molecular complexity index is 592. The largest absolute Gasteiger partial charge is 0.306 e. The Morgan fingerprint density at radius 1 is 1.19 bits per heavy atom. The maximum atomic E-state index is 3.69. The summed E-state index contributed by atoms with van der Waals surface area (Å²) < 4.78 is 2.35. The number of rotatable bonds is 6. The minimum Gasteiger partial charge on any atom is -0.306 e. The normalized spacial score (nSPS) is 12.9. The molecule has 1 heterocycles. The molecule has 2 rings (SSSR count). The molecule has 0 aliphatic carbocycles. The Hall–Kier alpha value is -0.160. The molecule has 0 spiro atoms. The maximum Gasteiger partial charge on any atom is 0.0761 e. The van der Waals surface area contributed by atoms with Crippen LogP contribution in [0.4, 0.5) is 0 Å². The summed E-state index contributed by atoms with van der Waals surface area (Å²) in [5.41, 5.74) is 4.05. The predicted octanol–water partition coefficient (Wildman–Crippen LogP) is 6.17. The minimum absolute atomic E-state index is 0.235. The van der Waals surface area contributed by atoms with Crippen molar-refractivity contribution in [3.05, 3.63) is 54.6 Å². The minimum atomic E-state index is 0.235.